The highest BCUT2D eigenvalue weighted by atomic mass is 15.1. The summed E-state index contributed by atoms with van der Waals surface area (Å²) in [5, 5.41) is 4.68. The predicted molar refractivity (Wildman–Crippen MR) is 205 cm³/mol. The van der Waals surface area contributed by atoms with Crippen LogP contribution < -0.4 is 0 Å². The number of hydrogen-bond donors (Lipinski definition) is 0. The number of nitrogens with zero attached hydrogens (tertiary/aromatic N) is 5. The highest BCUT2D eigenvalue weighted by Crippen LogP contribution is 2.38. The van der Waals surface area contributed by atoms with E-state index < -0.39 is 0 Å². The van der Waals surface area contributed by atoms with Crippen molar-refractivity contribution in [1.29, 1.82) is 0 Å². The molecule has 0 spiro atoms. The third-order valence-electron chi connectivity index (χ3n) is 9.59. The van der Waals surface area contributed by atoms with Gasteiger partial charge in [0.2, 0.25) is 0 Å². The van der Waals surface area contributed by atoms with Gasteiger partial charge >= 0.3 is 0 Å². The molecule has 10 rings (SSSR count). The van der Waals surface area contributed by atoms with E-state index in [1.165, 1.54) is 21.8 Å². The molecule has 0 atom stereocenters. The van der Waals surface area contributed by atoms with Crippen LogP contribution in [0.4, 0.5) is 0 Å². The number of benzene rings is 6. The van der Waals surface area contributed by atoms with E-state index in [-0.39, 0.29) is 0 Å². The van der Waals surface area contributed by atoms with Crippen LogP contribution in [0, 0.1) is 0 Å². The highest BCUT2D eigenvalue weighted by molar-refractivity contribution is 6.11. The Hall–Kier alpha value is -6.85. The van der Waals surface area contributed by atoms with Crippen molar-refractivity contribution >= 4 is 43.7 Å². The zero-order chi connectivity index (χ0) is 33.0. The van der Waals surface area contributed by atoms with E-state index in [0.29, 0.717) is 5.82 Å². The maximum Gasteiger partial charge on any atom is 0.162 e. The summed E-state index contributed by atoms with van der Waals surface area (Å²) in [6.45, 7) is 0. The number of hydrogen-bond acceptors (Lipinski definition) is 3. The standard InChI is InChI=1S/C45H29N5/c1-4-13-30(14-5-1)39-29-43(48-44(47-39)31-15-6-2-7-16-31)50-42-28-33(23-25-37(42)38-20-12-26-46-45(38)50)32-22-24-36-35-19-10-11-21-40(35)49(41(36)27-32)34-17-8-3-9-18-34/h1-29H. The zero-order valence-corrected chi connectivity index (χ0v) is 27.0. The number of aromatic nitrogens is 5. The van der Waals surface area contributed by atoms with Crippen LogP contribution in [0.15, 0.2) is 176 Å². The van der Waals surface area contributed by atoms with Crippen LogP contribution in [0.3, 0.4) is 0 Å². The first-order chi connectivity index (χ1) is 24.8. The third-order valence-corrected chi connectivity index (χ3v) is 9.59. The molecular formula is C45H29N5. The summed E-state index contributed by atoms with van der Waals surface area (Å²) in [4.78, 5) is 15.1. The van der Waals surface area contributed by atoms with Gasteiger partial charge in [-0.25, -0.2) is 15.0 Å². The summed E-state index contributed by atoms with van der Waals surface area (Å²) in [7, 11) is 0. The summed E-state index contributed by atoms with van der Waals surface area (Å²) in [5.74, 6) is 1.44. The number of pyridine rings is 1. The molecule has 0 saturated heterocycles. The van der Waals surface area contributed by atoms with Gasteiger partial charge in [-0.3, -0.25) is 4.57 Å². The Balaban J connectivity index is 1.22. The summed E-state index contributed by atoms with van der Waals surface area (Å²) < 4.78 is 4.55. The molecule has 10 aromatic rings. The van der Waals surface area contributed by atoms with Crippen LogP contribution >= 0.6 is 0 Å². The van der Waals surface area contributed by atoms with Gasteiger partial charge < -0.3 is 4.57 Å². The van der Waals surface area contributed by atoms with Gasteiger partial charge in [0.05, 0.1) is 22.2 Å². The lowest BCUT2D eigenvalue weighted by molar-refractivity contribution is 1.03. The van der Waals surface area contributed by atoms with Gasteiger partial charge in [0, 0.05) is 50.6 Å². The molecule has 4 aromatic heterocycles. The molecule has 234 valence electrons. The van der Waals surface area contributed by atoms with E-state index in [0.717, 1.165) is 61.4 Å². The monoisotopic (exact) mass is 639 g/mol. The summed E-state index contributed by atoms with van der Waals surface area (Å²) in [6, 6.07) is 59.5. The summed E-state index contributed by atoms with van der Waals surface area (Å²) in [5.41, 5.74) is 10.5. The number of rotatable bonds is 5. The third kappa shape index (κ3) is 4.52. The van der Waals surface area contributed by atoms with Crippen molar-refractivity contribution in [3.05, 3.63) is 176 Å². The lowest BCUT2D eigenvalue weighted by atomic mass is 10.0. The SMILES string of the molecule is c1ccc(-c2cc(-n3c4cc(-c5ccc6c7ccccc7n(-c7ccccc7)c6c5)ccc4c4cccnc43)nc(-c3ccccc3)n2)cc1. The minimum atomic E-state index is 0.670. The molecule has 0 bridgehead atoms. The molecule has 0 saturated carbocycles. The normalized spacial score (nSPS) is 11.6. The molecule has 0 aliphatic rings. The fraction of sp³-hybridized carbons (Fsp3) is 0. The maximum absolute atomic E-state index is 5.19. The lowest BCUT2D eigenvalue weighted by Crippen LogP contribution is -2.03. The highest BCUT2D eigenvalue weighted by Gasteiger charge is 2.19. The Bertz CT molecular complexity index is 2800. The van der Waals surface area contributed by atoms with E-state index in [2.05, 4.69) is 137 Å². The summed E-state index contributed by atoms with van der Waals surface area (Å²) in [6.07, 6.45) is 1.85. The molecule has 0 unspecified atom stereocenters. The molecule has 0 amide bonds. The van der Waals surface area contributed by atoms with Crippen molar-refractivity contribution in [2.75, 3.05) is 0 Å². The average Bonchev–Trinajstić information content (AvgIpc) is 3.71. The zero-order valence-electron chi connectivity index (χ0n) is 27.0. The van der Waals surface area contributed by atoms with Crippen molar-refractivity contribution in [3.8, 4) is 45.3 Å². The van der Waals surface area contributed by atoms with Gasteiger partial charge in [0.1, 0.15) is 11.5 Å². The molecule has 5 heteroatoms. The Morgan fingerprint density at radius 2 is 0.960 bits per heavy atom. The molecule has 50 heavy (non-hydrogen) atoms. The average molecular weight is 640 g/mol. The van der Waals surface area contributed by atoms with Gasteiger partial charge in [-0.1, -0.05) is 121 Å². The predicted octanol–water partition coefficient (Wildman–Crippen LogP) is 11.1. The Morgan fingerprint density at radius 3 is 1.70 bits per heavy atom. The summed E-state index contributed by atoms with van der Waals surface area (Å²) >= 11 is 0. The van der Waals surface area contributed by atoms with Gasteiger partial charge in [0.25, 0.3) is 0 Å². The van der Waals surface area contributed by atoms with Crippen molar-refractivity contribution < 1.29 is 0 Å². The van der Waals surface area contributed by atoms with Gasteiger partial charge in [-0.05, 0) is 53.6 Å². The van der Waals surface area contributed by atoms with E-state index >= 15 is 0 Å². The molecular weight excluding hydrogens is 611 g/mol. The van der Waals surface area contributed by atoms with E-state index in [9.17, 15) is 0 Å². The lowest BCUT2D eigenvalue weighted by Gasteiger charge is -2.12. The molecule has 6 aromatic carbocycles. The topological polar surface area (TPSA) is 48.5 Å². The molecule has 0 aliphatic heterocycles. The van der Waals surface area contributed by atoms with E-state index in [1.807, 2.05) is 48.7 Å². The number of fused-ring (bicyclic) bond motifs is 6. The second kappa shape index (κ2) is 11.4. The molecule has 0 fully saturated rings. The van der Waals surface area contributed by atoms with Crippen LogP contribution in [0.5, 0.6) is 0 Å². The first kappa shape index (κ1) is 28.2. The maximum atomic E-state index is 5.19. The largest absolute Gasteiger partial charge is 0.309 e. The fourth-order valence-electron chi connectivity index (χ4n) is 7.28. The van der Waals surface area contributed by atoms with E-state index in [1.54, 1.807) is 0 Å². The quantitative estimate of drug-likeness (QED) is 0.188. The van der Waals surface area contributed by atoms with Crippen molar-refractivity contribution in [3.63, 3.8) is 0 Å². The van der Waals surface area contributed by atoms with Crippen molar-refractivity contribution in [2.45, 2.75) is 0 Å². The van der Waals surface area contributed by atoms with Crippen molar-refractivity contribution in [1.82, 2.24) is 24.1 Å². The van der Waals surface area contributed by atoms with Gasteiger partial charge in [-0.15, -0.1) is 0 Å². The molecule has 5 nitrogen and oxygen atoms in total. The van der Waals surface area contributed by atoms with Gasteiger partial charge in [0.15, 0.2) is 5.82 Å². The van der Waals surface area contributed by atoms with E-state index in [4.69, 9.17) is 15.0 Å². The molecule has 0 N–H and O–H groups in total. The Kier molecular flexibility index (Phi) is 6.42. The van der Waals surface area contributed by atoms with Crippen LogP contribution in [0.25, 0.3) is 89.0 Å². The smallest absolute Gasteiger partial charge is 0.162 e. The first-order valence-corrected chi connectivity index (χ1v) is 16.8. The van der Waals surface area contributed by atoms with Gasteiger partial charge in [-0.2, -0.15) is 0 Å². The first-order valence-electron chi connectivity index (χ1n) is 16.8. The molecule has 0 radical (unpaired) electrons. The van der Waals surface area contributed by atoms with Crippen molar-refractivity contribution in [2.24, 2.45) is 0 Å². The fourth-order valence-corrected chi connectivity index (χ4v) is 7.28. The second-order valence-corrected chi connectivity index (χ2v) is 12.5. The Labute approximate surface area is 288 Å². The molecule has 0 aliphatic carbocycles. The van der Waals surface area contributed by atoms with Crippen LogP contribution in [-0.4, -0.2) is 24.1 Å². The van der Waals surface area contributed by atoms with Crippen LogP contribution in [0.1, 0.15) is 0 Å². The minimum absolute atomic E-state index is 0.670. The van der Waals surface area contributed by atoms with Crippen LogP contribution in [-0.2, 0) is 0 Å². The van der Waals surface area contributed by atoms with Crippen LogP contribution in [0.2, 0.25) is 0 Å². The number of para-hydroxylation sites is 2. The second-order valence-electron chi connectivity index (χ2n) is 12.5. The minimum Gasteiger partial charge on any atom is -0.309 e. The Morgan fingerprint density at radius 1 is 0.380 bits per heavy atom. The molecule has 4 heterocycles.